The van der Waals surface area contributed by atoms with E-state index in [0.717, 1.165) is 22.5 Å². The summed E-state index contributed by atoms with van der Waals surface area (Å²) in [6, 6.07) is 17.8. The molecule has 6 heteroatoms. The van der Waals surface area contributed by atoms with Crippen LogP contribution in [0.5, 0.6) is 5.75 Å². The van der Waals surface area contributed by atoms with Crippen LogP contribution in [0.1, 0.15) is 31.8 Å². The van der Waals surface area contributed by atoms with Crippen LogP contribution in [0.4, 0.5) is 17.1 Å². The van der Waals surface area contributed by atoms with Crippen LogP contribution in [0.15, 0.2) is 60.7 Å². The maximum atomic E-state index is 13.2. The van der Waals surface area contributed by atoms with Gasteiger partial charge in [0, 0.05) is 22.5 Å². The maximum absolute atomic E-state index is 13.2. The third-order valence-electron chi connectivity index (χ3n) is 5.27. The first-order chi connectivity index (χ1) is 14.7. The lowest BCUT2D eigenvalue weighted by molar-refractivity contribution is -0.870. The molecule has 3 aromatic carbocycles. The van der Waals surface area contributed by atoms with Crippen LogP contribution in [0.2, 0.25) is 0 Å². The van der Waals surface area contributed by atoms with Crippen molar-refractivity contribution in [2.45, 2.75) is 0 Å². The number of nitrogens with one attached hydrogen (secondary N) is 1. The molecule has 1 aliphatic carbocycles. The lowest BCUT2D eigenvalue weighted by Crippen LogP contribution is -2.38. The molecule has 0 heterocycles. The number of quaternary nitrogens is 1. The molecular weight excluding hydrogens is 390 g/mol. The molecule has 0 saturated carbocycles. The summed E-state index contributed by atoms with van der Waals surface area (Å²) >= 11 is 0. The Morgan fingerprint density at radius 1 is 0.839 bits per heavy atom. The van der Waals surface area contributed by atoms with Gasteiger partial charge in [0.15, 0.2) is 11.6 Å². The first kappa shape index (κ1) is 20.6. The molecule has 0 fully saturated rings. The fourth-order valence-corrected chi connectivity index (χ4v) is 3.58. The standard InChI is InChI=1S/C25H25N3O3/c1-28(2,3)14-15-31-17-10-8-16(9-11-17)27-21-13-12-20(26)22-23(21)25(30)19-7-5-4-6-18(19)24(22)29/h4-13H,14-15H2,1-3H3,(H2-,26,27,29,30)/p+1. The Morgan fingerprint density at radius 3 is 2.06 bits per heavy atom. The number of hydrogen-bond donors (Lipinski definition) is 2. The van der Waals surface area contributed by atoms with E-state index < -0.39 is 0 Å². The molecule has 3 N–H and O–H groups in total. The third kappa shape index (κ3) is 4.15. The summed E-state index contributed by atoms with van der Waals surface area (Å²) in [5, 5.41) is 3.26. The minimum Gasteiger partial charge on any atom is -0.488 e. The highest BCUT2D eigenvalue weighted by atomic mass is 16.5. The summed E-state index contributed by atoms with van der Waals surface area (Å²) in [6.45, 7) is 1.52. The van der Waals surface area contributed by atoms with E-state index in [1.165, 1.54) is 0 Å². The van der Waals surface area contributed by atoms with E-state index >= 15 is 0 Å². The highest BCUT2D eigenvalue weighted by Crippen LogP contribution is 2.36. The highest BCUT2D eigenvalue weighted by Gasteiger charge is 2.33. The zero-order valence-electron chi connectivity index (χ0n) is 17.9. The first-order valence-corrected chi connectivity index (χ1v) is 10.2. The zero-order chi connectivity index (χ0) is 22.2. The van der Waals surface area contributed by atoms with Crippen LogP contribution in [-0.2, 0) is 0 Å². The predicted octanol–water partition coefficient (Wildman–Crippen LogP) is 3.87. The predicted molar refractivity (Wildman–Crippen MR) is 122 cm³/mol. The number of ether oxygens (including phenoxy) is 1. The molecule has 0 spiro atoms. The largest absolute Gasteiger partial charge is 0.488 e. The van der Waals surface area contributed by atoms with Gasteiger partial charge in [0.25, 0.3) is 0 Å². The van der Waals surface area contributed by atoms with E-state index in [2.05, 4.69) is 26.5 Å². The van der Waals surface area contributed by atoms with Crippen LogP contribution >= 0.6 is 0 Å². The number of nitrogen functional groups attached to an aromatic ring is 1. The fourth-order valence-electron chi connectivity index (χ4n) is 3.58. The van der Waals surface area contributed by atoms with Gasteiger partial charge in [-0.25, -0.2) is 0 Å². The van der Waals surface area contributed by atoms with Crippen LogP contribution in [0.25, 0.3) is 0 Å². The lowest BCUT2D eigenvalue weighted by atomic mass is 9.82. The molecule has 3 aromatic rings. The van der Waals surface area contributed by atoms with Crippen LogP contribution in [0.3, 0.4) is 0 Å². The van der Waals surface area contributed by atoms with Crippen LogP contribution in [0, 0.1) is 0 Å². The van der Waals surface area contributed by atoms with Crippen molar-refractivity contribution in [2.75, 3.05) is 45.3 Å². The summed E-state index contributed by atoms with van der Waals surface area (Å²) < 4.78 is 6.64. The molecule has 158 valence electrons. The number of rotatable bonds is 6. The second-order valence-corrected chi connectivity index (χ2v) is 8.67. The molecule has 0 aliphatic heterocycles. The van der Waals surface area contributed by atoms with Crippen molar-refractivity contribution in [2.24, 2.45) is 0 Å². The van der Waals surface area contributed by atoms with Crippen LogP contribution in [-0.4, -0.2) is 50.3 Å². The van der Waals surface area contributed by atoms with Crippen molar-refractivity contribution in [3.05, 3.63) is 82.9 Å². The van der Waals surface area contributed by atoms with Gasteiger partial charge >= 0.3 is 0 Å². The number of benzene rings is 3. The number of carbonyl (C=O) groups excluding carboxylic acids is 2. The molecule has 4 rings (SSSR count). The van der Waals surface area contributed by atoms with Crippen LogP contribution < -0.4 is 15.8 Å². The van der Waals surface area contributed by atoms with Crippen molar-refractivity contribution >= 4 is 28.6 Å². The Morgan fingerprint density at radius 2 is 1.45 bits per heavy atom. The van der Waals surface area contributed by atoms with Gasteiger partial charge in [0.05, 0.1) is 38.0 Å². The molecule has 1 aliphatic rings. The van der Waals surface area contributed by atoms with E-state index in [4.69, 9.17) is 10.5 Å². The Bertz CT molecular complexity index is 1160. The molecular formula is C25H26N3O3+. The van der Waals surface area contributed by atoms with Crippen molar-refractivity contribution in [1.82, 2.24) is 0 Å². The summed E-state index contributed by atoms with van der Waals surface area (Å²) in [7, 11) is 6.36. The van der Waals surface area contributed by atoms with Gasteiger partial charge in [-0.05, 0) is 36.4 Å². The van der Waals surface area contributed by atoms with Crippen molar-refractivity contribution in [3.63, 3.8) is 0 Å². The minimum atomic E-state index is -0.229. The molecule has 0 bridgehead atoms. The number of ketones is 2. The topological polar surface area (TPSA) is 81.4 Å². The highest BCUT2D eigenvalue weighted by molar-refractivity contribution is 6.31. The molecule has 0 unspecified atom stereocenters. The minimum absolute atomic E-state index is 0.208. The summed E-state index contributed by atoms with van der Waals surface area (Å²) in [6.07, 6.45) is 0. The third-order valence-corrected chi connectivity index (χ3v) is 5.27. The van der Waals surface area contributed by atoms with Gasteiger partial charge in [0.1, 0.15) is 18.9 Å². The molecule has 0 atom stereocenters. The van der Waals surface area contributed by atoms with Gasteiger partial charge in [-0.1, -0.05) is 24.3 Å². The Balaban J connectivity index is 1.59. The molecule has 31 heavy (non-hydrogen) atoms. The molecule has 0 aromatic heterocycles. The number of fused-ring (bicyclic) bond motifs is 2. The van der Waals surface area contributed by atoms with E-state index in [9.17, 15) is 9.59 Å². The number of carbonyl (C=O) groups is 2. The summed E-state index contributed by atoms with van der Waals surface area (Å²) in [5.74, 6) is 0.339. The maximum Gasteiger partial charge on any atom is 0.196 e. The fraction of sp³-hybridized carbons (Fsp3) is 0.200. The summed E-state index contributed by atoms with van der Waals surface area (Å²) in [4.78, 5) is 26.2. The average Bonchev–Trinajstić information content (AvgIpc) is 2.73. The quantitative estimate of drug-likeness (QED) is 0.368. The van der Waals surface area contributed by atoms with Gasteiger partial charge in [-0.15, -0.1) is 0 Å². The van der Waals surface area contributed by atoms with Gasteiger partial charge < -0.3 is 20.3 Å². The average molecular weight is 417 g/mol. The lowest BCUT2D eigenvalue weighted by Gasteiger charge is -2.23. The van der Waals surface area contributed by atoms with Gasteiger partial charge in [-0.2, -0.15) is 0 Å². The molecule has 0 amide bonds. The van der Waals surface area contributed by atoms with E-state index in [-0.39, 0.29) is 17.1 Å². The first-order valence-electron chi connectivity index (χ1n) is 10.2. The Labute approximate surface area is 181 Å². The van der Waals surface area contributed by atoms with Gasteiger partial charge in [0.2, 0.25) is 0 Å². The number of nitrogens with two attached hydrogens (primary N) is 1. The zero-order valence-corrected chi connectivity index (χ0v) is 17.9. The Kier molecular flexibility index (Phi) is 5.25. The number of likely N-dealkylation sites (N-methyl/N-ethyl adjacent to an activating group) is 1. The SMILES string of the molecule is C[N+](C)(C)CCOc1ccc(Nc2ccc(N)c3c2C(=O)c2ccccc2C3=O)cc1. The van der Waals surface area contributed by atoms with Crippen molar-refractivity contribution in [3.8, 4) is 5.75 Å². The van der Waals surface area contributed by atoms with Crippen molar-refractivity contribution in [1.29, 1.82) is 0 Å². The molecule has 0 radical (unpaired) electrons. The van der Waals surface area contributed by atoms with E-state index in [1.54, 1.807) is 36.4 Å². The monoisotopic (exact) mass is 416 g/mol. The summed E-state index contributed by atoms with van der Waals surface area (Å²) in [5.41, 5.74) is 9.08. The van der Waals surface area contributed by atoms with Gasteiger partial charge in [-0.3, -0.25) is 9.59 Å². The normalized spacial score (nSPS) is 12.9. The van der Waals surface area contributed by atoms with Crippen molar-refractivity contribution < 1.29 is 18.8 Å². The Hall–Kier alpha value is -3.64. The second-order valence-electron chi connectivity index (χ2n) is 8.67. The van der Waals surface area contributed by atoms with E-state index in [1.807, 2.05) is 24.3 Å². The number of nitrogens with zero attached hydrogens (tertiary/aromatic N) is 1. The number of hydrogen-bond acceptors (Lipinski definition) is 5. The molecule has 0 saturated heterocycles. The number of anilines is 3. The molecule has 6 nitrogen and oxygen atoms in total. The van der Waals surface area contributed by atoms with E-state index in [0.29, 0.717) is 34.7 Å². The smallest absolute Gasteiger partial charge is 0.196 e. The second kappa shape index (κ2) is 7.89.